The fourth-order valence-corrected chi connectivity index (χ4v) is 9.62. The summed E-state index contributed by atoms with van der Waals surface area (Å²) in [5.41, 5.74) is 0. The Morgan fingerprint density at radius 3 is 0.744 bits per heavy atom. The largest absolute Gasteiger partial charge is 0.462 e. The van der Waals surface area contributed by atoms with Crippen molar-refractivity contribution in [2.24, 2.45) is 0 Å². The molecule has 82 heavy (non-hydrogen) atoms. The molecule has 1 unspecified atom stereocenters. The molecule has 0 saturated heterocycles. The van der Waals surface area contributed by atoms with Gasteiger partial charge in [-0.1, -0.05) is 316 Å². The second-order valence-corrected chi connectivity index (χ2v) is 22.7. The smallest absolute Gasteiger partial charge is 0.306 e. The number of hydrogen-bond acceptors (Lipinski definition) is 6. The summed E-state index contributed by atoms with van der Waals surface area (Å²) in [7, 11) is 0. The molecule has 0 aliphatic heterocycles. The maximum atomic E-state index is 12.9. The summed E-state index contributed by atoms with van der Waals surface area (Å²) in [4.78, 5) is 38.1. The highest BCUT2D eigenvalue weighted by Gasteiger charge is 2.19. The predicted molar refractivity (Wildman–Crippen MR) is 357 cm³/mol. The molecule has 0 heterocycles. The van der Waals surface area contributed by atoms with Gasteiger partial charge in [0.1, 0.15) is 13.2 Å². The normalized spacial score (nSPS) is 12.9. The summed E-state index contributed by atoms with van der Waals surface area (Å²) in [6.45, 7) is 6.37. The third-order valence-electron chi connectivity index (χ3n) is 14.7. The number of esters is 3. The lowest BCUT2D eigenvalue weighted by Crippen LogP contribution is -2.30. The van der Waals surface area contributed by atoms with E-state index < -0.39 is 6.10 Å². The van der Waals surface area contributed by atoms with Gasteiger partial charge in [0.15, 0.2) is 6.10 Å². The highest BCUT2D eigenvalue weighted by atomic mass is 16.6. The van der Waals surface area contributed by atoms with E-state index in [1.165, 1.54) is 154 Å². The standard InChI is InChI=1S/C76H128O6/c1-4-7-10-13-16-18-20-22-24-26-28-30-32-33-34-35-36-37-38-39-40-41-42-43-45-46-48-50-52-54-56-58-60-63-66-69-75(78)81-72-73(71-80-74(77)68-65-62-15-12-9-6-3)82-76(79)70-67-64-61-59-57-55-53-51-49-47-44-31-29-27-25-23-21-19-17-14-11-8-5-2/h7-8,10-11,16-19,22-25,28-31,33-34,47,49,73H,4-6,9,12-15,20-21,26-27,32,35-46,48,50-72H2,1-3H3/b10-7-,11-8-,18-16-,19-17-,24-22-,25-23-,30-28-,31-29-,34-33-,49-47-. The molecule has 0 aliphatic carbocycles. The summed E-state index contributed by atoms with van der Waals surface area (Å²) in [5, 5.41) is 0. The van der Waals surface area contributed by atoms with Crippen LogP contribution in [-0.4, -0.2) is 37.2 Å². The lowest BCUT2D eigenvalue weighted by atomic mass is 10.0. The minimum absolute atomic E-state index is 0.0806. The van der Waals surface area contributed by atoms with Crippen LogP contribution >= 0.6 is 0 Å². The number of unbranched alkanes of at least 4 members (excludes halogenated alkanes) is 31. The first-order chi connectivity index (χ1) is 40.5. The topological polar surface area (TPSA) is 78.9 Å². The minimum Gasteiger partial charge on any atom is -0.462 e. The summed E-state index contributed by atoms with van der Waals surface area (Å²) in [6, 6.07) is 0. The van der Waals surface area contributed by atoms with Crippen molar-refractivity contribution in [2.75, 3.05) is 13.2 Å². The fraction of sp³-hybridized carbons (Fsp3) is 0.697. The molecule has 0 aromatic carbocycles. The summed E-state index contributed by atoms with van der Waals surface area (Å²) < 4.78 is 16.8. The first-order valence-corrected chi connectivity index (χ1v) is 34.5. The Morgan fingerprint density at radius 1 is 0.256 bits per heavy atom. The number of rotatable bonds is 62. The van der Waals surface area contributed by atoms with E-state index in [9.17, 15) is 14.4 Å². The molecular weight excluding hydrogens is 1010 g/mol. The first kappa shape index (κ1) is 77.8. The Bertz CT molecular complexity index is 1690. The Hall–Kier alpha value is -4.19. The van der Waals surface area contributed by atoms with Crippen LogP contribution < -0.4 is 0 Å². The zero-order valence-corrected chi connectivity index (χ0v) is 53.7. The Balaban J connectivity index is 4.01. The Morgan fingerprint density at radius 2 is 0.476 bits per heavy atom. The maximum absolute atomic E-state index is 12.9. The zero-order chi connectivity index (χ0) is 59.2. The van der Waals surface area contributed by atoms with Crippen LogP contribution in [0.1, 0.15) is 323 Å². The molecule has 468 valence electrons. The van der Waals surface area contributed by atoms with Crippen molar-refractivity contribution in [2.45, 2.75) is 329 Å². The van der Waals surface area contributed by atoms with Gasteiger partial charge in [-0.05, 0) is 109 Å². The van der Waals surface area contributed by atoms with E-state index in [2.05, 4.69) is 142 Å². The minimum atomic E-state index is -0.782. The van der Waals surface area contributed by atoms with E-state index in [1.54, 1.807) is 0 Å². The first-order valence-electron chi connectivity index (χ1n) is 34.5. The van der Waals surface area contributed by atoms with Crippen molar-refractivity contribution >= 4 is 17.9 Å². The van der Waals surface area contributed by atoms with Gasteiger partial charge in [0.05, 0.1) is 0 Å². The van der Waals surface area contributed by atoms with Crippen LogP contribution in [0.3, 0.4) is 0 Å². The van der Waals surface area contributed by atoms with Gasteiger partial charge >= 0.3 is 17.9 Å². The molecule has 6 heteroatoms. The quantitative estimate of drug-likeness (QED) is 0.0261. The van der Waals surface area contributed by atoms with E-state index in [1.807, 2.05) is 0 Å². The monoisotopic (exact) mass is 1140 g/mol. The van der Waals surface area contributed by atoms with Crippen LogP contribution in [-0.2, 0) is 28.6 Å². The van der Waals surface area contributed by atoms with E-state index >= 15 is 0 Å². The Kier molecular flexibility index (Phi) is 65.8. The second kappa shape index (κ2) is 69.3. The fourth-order valence-electron chi connectivity index (χ4n) is 9.62. The average Bonchev–Trinajstić information content (AvgIpc) is 3.47. The lowest BCUT2D eigenvalue weighted by molar-refractivity contribution is -0.167. The number of carbonyl (C=O) groups is 3. The van der Waals surface area contributed by atoms with Crippen molar-refractivity contribution in [3.63, 3.8) is 0 Å². The van der Waals surface area contributed by atoms with Gasteiger partial charge in [0.2, 0.25) is 0 Å². The SMILES string of the molecule is CC/C=C\C/C=C\C/C=C\C/C=C\C/C=C\CCCCCCCCCCCCCCCCCCCCCC(=O)OCC(COC(=O)CCCCCCCC)OC(=O)CCCCCCCCC/C=C\C/C=C\C/C=C\C/C=C\C/C=C\CC. The van der Waals surface area contributed by atoms with E-state index in [-0.39, 0.29) is 31.1 Å². The molecule has 0 saturated carbocycles. The molecule has 0 amide bonds. The van der Waals surface area contributed by atoms with Gasteiger partial charge in [-0.2, -0.15) is 0 Å². The number of hydrogen-bond donors (Lipinski definition) is 0. The highest BCUT2D eigenvalue weighted by molar-refractivity contribution is 5.71. The summed E-state index contributed by atoms with van der Waals surface area (Å²) in [6.07, 6.45) is 96.9. The van der Waals surface area contributed by atoms with Crippen LogP contribution in [0.4, 0.5) is 0 Å². The maximum Gasteiger partial charge on any atom is 0.306 e. The van der Waals surface area contributed by atoms with Gasteiger partial charge in [-0.3, -0.25) is 14.4 Å². The highest BCUT2D eigenvalue weighted by Crippen LogP contribution is 2.17. The number of carbonyl (C=O) groups excluding carboxylic acids is 3. The molecular formula is C76H128O6. The molecule has 0 radical (unpaired) electrons. The van der Waals surface area contributed by atoms with Crippen LogP contribution in [0.15, 0.2) is 122 Å². The van der Waals surface area contributed by atoms with E-state index in [0.29, 0.717) is 19.3 Å². The summed E-state index contributed by atoms with van der Waals surface area (Å²) in [5.74, 6) is -0.892. The molecule has 0 aromatic heterocycles. The molecule has 0 aromatic rings. The third-order valence-corrected chi connectivity index (χ3v) is 14.7. The second-order valence-electron chi connectivity index (χ2n) is 22.7. The average molecular weight is 1140 g/mol. The van der Waals surface area contributed by atoms with Crippen molar-refractivity contribution in [1.29, 1.82) is 0 Å². The van der Waals surface area contributed by atoms with E-state index in [0.717, 1.165) is 128 Å². The Labute approximate surface area is 507 Å². The van der Waals surface area contributed by atoms with Crippen LogP contribution in [0.25, 0.3) is 0 Å². The summed E-state index contributed by atoms with van der Waals surface area (Å²) >= 11 is 0. The van der Waals surface area contributed by atoms with Gasteiger partial charge in [0, 0.05) is 19.3 Å². The molecule has 0 N–H and O–H groups in total. The van der Waals surface area contributed by atoms with Crippen molar-refractivity contribution in [3.05, 3.63) is 122 Å². The zero-order valence-electron chi connectivity index (χ0n) is 53.7. The number of ether oxygens (including phenoxy) is 3. The molecule has 1 atom stereocenters. The molecule has 0 fully saturated rings. The molecule has 0 spiro atoms. The molecule has 0 aliphatic rings. The van der Waals surface area contributed by atoms with Crippen molar-refractivity contribution in [3.8, 4) is 0 Å². The van der Waals surface area contributed by atoms with Crippen LogP contribution in [0.5, 0.6) is 0 Å². The van der Waals surface area contributed by atoms with Gasteiger partial charge in [0.25, 0.3) is 0 Å². The lowest BCUT2D eigenvalue weighted by Gasteiger charge is -2.18. The van der Waals surface area contributed by atoms with E-state index in [4.69, 9.17) is 14.2 Å². The van der Waals surface area contributed by atoms with Gasteiger partial charge in [-0.15, -0.1) is 0 Å². The third kappa shape index (κ3) is 66.6. The number of allylic oxidation sites excluding steroid dienone is 20. The molecule has 0 bridgehead atoms. The van der Waals surface area contributed by atoms with Gasteiger partial charge < -0.3 is 14.2 Å². The van der Waals surface area contributed by atoms with Crippen LogP contribution in [0.2, 0.25) is 0 Å². The molecule has 6 nitrogen and oxygen atoms in total. The van der Waals surface area contributed by atoms with Crippen LogP contribution in [0, 0.1) is 0 Å². The van der Waals surface area contributed by atoms with Crippen molar-refractivity contribution in [1.82, 2.24) is 0 Å². The molecule has 0 rings (SSSR count). The predicted octanol–water partition coefficient (Wildman–Crippen LogP) is 23.9. The van der Waals surface area contributed by atoms with Gasteiger partial charge in [-0.25, -0.2) is 0 Å². The van der Waals surface area contributed by atoms with Crippen molar-refractivity contribution < 1.29 is 28.6 Å².